The van der Waals surface area contributed by atoms with Gasteiger partial charge < -0.3 is 15.4 Å². The molecule has 0 bridgehead atoms. The Kier molecular flexibility index (Phi) is 6.86. The van der Waals surface area contributed by atoms with Gasteiger partial charge in [-0.1, -0.05) is 29.8 Å². The highest BCUT2D eigenvalue weighted by molar-refractivity contribution is 7.19. The quantitative estimate of drug-likeness (QED) is 0.297. The molecule has 2 amide bonds. The molecular formula is C21H16ClN3O6S. The second-order valence-electron chi connectivity index (χ2n) is 6.45. The zero-order valence-corrected chi connectivity index (χ0v) is 18.4. The van der Waals surface area contributed by atoms with Crippen LogP contribution < -0.4 is 10.6 Å². The van der Waals surface area contributed by atoms with Crippen LogP contribution in [-0.4, -0.2) is 29.8 Å². The SMILES string of the molecule is COC(=O)c1c(NC(=O)c2ccc(Cl)c([N+](=O)[O-])c2)sc(C(=O)Nc2ccccc2)c1C. The molecule has 0 aliphatic carbocycles. The van der Waals surface area contributed by atoms with Crippen LogP contribution in [0.2, 0.25) is 5.02 Å². The van der Waals surface area contributed by atoms with Gasteiger partial charge in [0.2, 0.25) is 0 Å². The van der Waals surface area contributed by atoms with Crippen molar-refractivity contribution in [2.75, 3.05) is 17.7 Å². The van der Waals surface area contributed by atoms with Crippen molar-refractivity contribution < 1.29 is 24.0 Å². The van der Waals surface area contributed by atoms with Gasteiger partial charge in [-0.15, -0.1) is 11.3 Å². The first kappa shape index (κ1) is 22.9. The zero-order chi connectivity index (χ0) is 23.4. The molecule has 1 heterocycles. The molecular weight excluding hydrogens is 458 g/mol. The molecule has 0 saturated carbocycles. The third-order valence-electron chi connectivity index (χ3n) is 4.41. The van der Waals surface area contributed by atoms with Gasteiger partial charge in [0.1, 0.15) is 10.0 Å². The van der Waals surface area contributed by atoms with Crippen molar-refractivity contribution in [2.45, 2.75) is 6.92 Å². The van der Waals surface area contributed by atoms with E-state index >= 15 is 0 Å². The highest BCUT2D eigenvalue weighted by Gasteiger charge is 2.27. The van der Waals surface area contributed by atoms with Gasteiger partial charge in [-0.2, -0.15) is 0 Å². The van der Waals surface area contributed by atoms with Gasteiger partial charge in [-0.05, 0) is 36.8 Å². The lowest BCUT2D eigenvalue weighted by Gasteiger charge is -2.06. The fourth-order valence-corrected chi connectivity index (χ4v) is 4.12. The van der Waals surface area contributed by atoms with E-state index in [-0.39, 0.29) is 26.0 Å². The molecule has 0 atom stereocenters. The summed E-state index contributed by atoms with van der Waals surface area (Å²) in [5, 5.41) is 16.3. The smallest absolute Gasteiger partial charge is 0.341 e. The van der Waals surface area contributed by atoms with Gasteiger partial charge in [-0.25, -0.2) is 4.79 Å². The number of nitrogens with zero attached hydrogens (tertiary/aromatic N) is 1. The van der Waals surface area contributed by atoms with E-state index in [0.717, 1.165) is 17.4 Å². The first-order chi connectivity index (χ1) is 15.2. The number of rotatable bonds is 6. The van der Waals surface area contributed by atoms with Gasteiger partial charge in [0.25, 0.3) is 17.5 Å². The Morgan fingerprint density at radius 3 is 2.38 bits per heavy atom. The van der Waals surface area contributed by atoms with Crippen molar-refractivity contribution >= 4 is 57.1 Å². The molecule has 3 aromatic rings. The molecule has 1 aromatic heterocycles. The fraction of sp³-hybridized carbons (Fsp3) is 0.0952. The number of benzene rings is 2. The summed E-state index contributed by atoms with van der Waals surface area (Å²) in [6.45, 7) is 1.56. The number of carbonyl (C=O) groups is 3. The molecule has 2 aromatic carbocycles. The summed E-state index contributed by atoms with van der Waals surface area (Å²) < 4.78 is 4.80. The number of hydrogen-bond donors (Lipinski definition) is 2. The van der Waals surface area contributed by atoms with Crippen LogP contribution in [0, 0.1) is 17.0 Å². The van der Waals surface area contributed by atoms with E-state index < -0.39 is 28.4 Å². The topological polar surface area (TPSA) is 128 Å². The zero-order valence-electron chi connectivity index (χ0n) is 16.8. The first-order valence-corrected chi connectivity index (χ1v) is 10.3. The summed E-state index contributed by atoms with van der Waals surface area (Å²) >= 11 is 6.68. The van der Waals surface area contributed by atoms with Gasteiger partial charge in [0.05, 0.1) is 22.5 Å². The van der Waals surface area contributed by atoms with Gasteiger partial charge in [0.15, 0.2) is 0 Å². The Balaban J connectivity index is 1.95. The molecule has 9 nitrogen and oxygen atoms in total. The number of hydrogen-bond acceptors (Lipinski definition) is 7. The number of methoxy groups -OCH3 is 1. The number of para-hydroxylation sites is 1. The van der Waals surface area contributed by atoms with Crippen molar-refractivity contribution in [3.8, 4) is 0 Å². The molecule has 0 fully saturated rings. The summed E-state index contributed by atoms with van der Waals surface area (Å²) in [6, 6.07) is 12.3. The Morgan fingerprint density at radius 1 is 1.06 bits per heavy atom. The molecule has 0 radical (unpaired) electrons. The van der Waals surface area contributed by atoms with E-state index in [1.165, 1.54) is 19.2 Å². The maximum atomic E-state index is 12.8. The number of anilines is 2. The number of carbonyl (C=O) groups excluding carboxylic acids is 3. The number of amides is 2. The van der Waals surface area contributed by atoms with Crippen molar-refractivity contribution in [1.29, 1.82) is 0 Å². The minimum absolute atomic E-state index is 0.0209. The Hall–Kier alpha value is -3.76. The lowest BCUT2D eigenvalue weighted by atomic mass is 10.1. The number of esters is 1. The minimum atomic E-state index is -0.741. The molecule has 0 aliphatic rings. The molecule has 0 unspecified atom stereocenters. The first-order valence-electron chi connectivity index (χ1n) is 9.06. The summed E-state index contributed by atoms with van der Waals surface area (Å²) in [5.74, 6) is -1.92. The molecule has 32 heavy (non-hydrogen) atoms. The molecule has 3 rings (SSSR count). The van der Waals surface area contributed by atoms with Crippen molar-refractivity contribution in [3.63, 3.8) is 0 Å². The van der Waals surface area contributed by atoms with Gasteiger partial charge >= 0.3 is 5.97 Å². The maximum Gasteiger partial charge on any atom is 0.341 e. The summed E-state index contributed by atoms with van der Waals surface area (Å²) in [7, 11) is 1.18. The highest BCUT2D eigenvalue weighted by atomic mass is 35.5. The number of thiophene rings is 1. The summed E-state index contributed by atoms with van der Waals surface area (Å²) in [4.78, 5) is 48.4. The molecule has 0 saturated heterocycles. The van der Waals surface area contributed by atoms with Crippen LogP contribution in [0.3, 0.4) is 0 Å². The van der Waals surface area contributed by atoms with Crippen LogP contribution in [0.15, 0.2) is 48.5 Å². The van der Waals surface area contributed by atoms with E-state index in [0.29, 0.717) is 11.3 Å². The number of ether oxygens (including phenoxy) is 1. The summed E-state index contributed by atoms with van der Waals surface area (Å²) in [6.07, 6.45) is 0. The lowest BCUT2D eigenvalue weighted by molar-refractivity contribution is -0.384. The fourth-order valence-electron chi connectivity index (χ4n) is 2.84. The van der Waals surface area contributed by atoms with Crippen LogP contribution in [-0.2, 0) is 4.74 Å². The maximum absolute atomic E-state index is 12.8. The third kappa shape index (κ3) is 4.76. The van der Waals surface area contributed by atoms with Gasteiger partial charge in [0, 0.05) is 17.3 Å². The number of nitro groups is 1. The summed E-state index contributed by atoms with van der Waals surface area (Å²) in [5.41, 5.74) is 0.431. The Bertz CT molecular complexity index is 1230. The Morgan fingerprint density at radius 2 is 1.75 bits per heavy atom. The second kappa shape index (κ2) is 9.58. The third-order valence-corrected chi connectivity index (χ3v) is 5.93. The minimum Gasteiger partial charge on any atom is -0.465 e. The van der Waals surface area contributed by atoms with E-state index in [9.17, 15) is 24.5 Å². The van der Waals surface area contributed by atoms with Crippen molar-refractivity contribution in [2.24, 2.45) is 0 Å². The van der Waals surface area contributed by atoms with E-state index in [4.69, 9.17) is 16.3 Å². The largest absolute Gasteiger partial charge is 0.465 e. The predicted molar refractivity (Wildman–Crippen MR) is 121 cm³/mol. The van der Waals surface area contributed by atoms with Crippen molar-refractivity contribution in [1.82, 2.24) is 0 Å². The van der Waals surface area contributed by atoms with Gasteiger partial charge in [-0.3, -0.25) is 19.7 Å². The number of halogens is 1. The molecule has 2 N–H and O–H groups in total. The average molecular weight is 474 g/mol. The lowest BCUT2D eigenvalue weighted by Crippen LogP contribution is -2.14. The number of nitrogens with one attached hydrogen (secondary N) is 2. The predicted octanol–water partition coefficient (Wildman–Crippen LogP) is 4.91. The number of nitro benzene ring substituents is 1. The van der Waals surface area contributed by atoms with Crippen LogP contribution in [0.5, 0.6) is 0 Å². The van der Waals surface area contributed by atoms with E-state index in [2.05, 4.69) is 10.6 Å². The second-order valence-corrected chi connectivity index (χ2v) is 7.88. The molecule has 164 valence electrons. The van der Waals surface area contributed by atoms with Crippen molar-refractivity contribution in [3.05, 3.63) is 85.2 Å². The standard InChI is InChI=1S/C21H16ClN3O6S/c1-11-16(21(28)31-2)20(32-17(11)19(27)23-13-6-4-3-5-7-13)24-18(26)12-8-9-14(22)15(10-12)25(29)30/h3-10H,1-2H3,(H,23,27)(H,24,26). The Labute approximate surface area is 191 Å². The van der Waals surface area contributed by atoms with Crippen LogP contribution in [0.4, 0.5) is 16.4 Å². The molecule has 11 heteroatoms. The molecule has 0 aliphatic heterocycles. The monoisotopic (exact) mass is 473 g/mol. The normalized spacial score (nSPS) is 10.3. The van der Waals surface area contributed by atoms with Crippen LogP contribution in [0.1, 0.15) is 36.0 Å². The van der Waals surface area contributed by atoms with Crippen LogP contribution >= 0.6 is 22.9 Å². The van der Waals surface area contributed by atoms with E-state index in [1.54, 1.807) is 37.3 Å². The average Bonchev–Trinajstić information content (AvgIpc) is 3.09. The van der Waals surface area contributed by atoms with E-state index in [1.807, 2.05) is 0 Å². The highest BCUT2D eigenvalue weighted by Crippen LogP contribution is 2.35. The van der Waals surface area contributed by atoms with Crippen LogP contribution in [0.25, 0.3) is 0 Å². The molecule has 0 spiro atoms.